The number of nitrogens with one attached hydrogen (secondary N) is 1. The normalized spacial score (nSPS) is 33.8. The van der Waals surface area contributed by atoms with Gasteiger partial charge in [0, 0.05) is 29.0 Å². The molecule has 2 amide bonds. The van der Waals surface area contributed by atoms with Gasteiger partial charge in [0.15, 0.2) is 0 Å². The lowest BCUT2D eigenvalue weighted by Crippen LogP contribution is -2.42. The van der Waals surface area contributed by atoms with E-state index in [-0.39, 0.29) is 76.8 Å². The first-order valence-corrected chi connectivity index (χ1v) is 13.1. The molecule has 4 aliphatic rings. The summed E-state index contributed by atoms with van der Waals surface area (Å²) in [5.41, 5.74) is 2.37. The Labute approximate surface area is 198 Å². The fourth-order valence-corrected chi connectivity index (χ4v) is 9.85. The summed E-state index contributed by atoms with van der Waals surface area (Å²) in [7, 11) is 0. The zero-order valence-electron chi connectivity index (χ0n) is 18.0. The SMILES string of the molecule is Cc1ccccc1[C@H]1c2sc(=O)[nH]c2S[C@H]2[C@@H]3C[C@@H]([C@@H]4C(=O)N(CCCC(=O)O)C(=O)[C@@H]34)[C@H]12. The summed E-state index contributed by atoms with van der Waals surface area (Å²) in [6.07, 6.45) is 1.09. The molecule has 2 saturated carbocycles. The van der Waals surface area contributed by atoms with Crippen LogP contribution in [0.15, 0.2) is 34.1 Å². The molecule has 7 nitrogen and oxygen atoms in total. The van der Waals surface area contributed by atoms with Crippen LogP contribution < -0.4 is 4.87 Å². The van der Waals surface area contributed by atoms with E-state index < -0.39 is 5.97 Å². The second-order valence-corrected chi connectivity index (χ2v) is 11.8. The first kappa shape index (κ1) is 21.2. The molecule has 2 aliphatic heterocycles. The number of aliphatic carboxylic acids is 1. The number of amides is 2. The average molecular weight is 485 g/mol. The highest BCUT2D eigenvalue weighted by Gasteiger charge is 2.69. The second-order valence-electron chi connectivity index (χ2n) is 9.64. The second kappa shape index (κ2) is 7.56. The summed E-state index contributed by atoms with van der Waals surface area (Å²) in [4.78, 5) is 55.2. The number of hydrogen-bond acceptors (Lipinski definition) is 6. The molecule has 2 aliphatic carbocycles. The van der Waals surface area contributed by atoms with E-state index in [1.165, 1.54) is 27.4 Å². The number of aromatic amines is 1. The predicted molar refractivity (Wildman–Crippen MR) is 123 cm³/mol. The number of H-pyrrole nitrogens is 1. The number of thioether (sulfide) groups is 1. The van der Waals surface area contributed by atoms with E-state index in [0.29, 0.717) is 0 Å². The summed E-state index contributed by atoms with van der Waals surface area (Å²) in [6.45, 7) is 2.27. The Bertz CT molecular complexity index is 1240. The van der Waals surface area contributed by atoms with Crippen molar-refractivity contribution in [1.82, 2.24) is 9.88 Å². The van der Waals surface area contributed by atoms with E-state index >= 15 is 0 Å². The molecule has 6 rings (SSSR count). The van der Waals surface area contributed by atoms with Crippen LogP contribution >= 0.6 is 23.1 Å². The Balaban J connectivity index is 1.39. The minimum atomic E-state index is -0.919. The van der Waals surface area contributed by atoms with Crippen LogP contribution in [-0.2, 0) is 14.4 Å². The highest BCUT2D eigenvalue weighted by molar-refractivity contribution is 8.00. The van der Waals surface area contributed by atoms with Gasteiger partial charge in [-0.2, -0.15) is 0 Å². The molecular weight excluding hydrogens is 460 g/mol. The Morgan fingerprint density at radius 3 is 2.61 bits per heavy atom. The quantitative estimate of drug-likeness (QED) is 0.632. The number of carboxylic acids is 1. The Kier molecular flexibility index (Phi) is 4.85. The summed E-state index contributed by atoms with van der Waals surface area (Å²) < 4.78 is 0. The lowest BCUT2D eigenvalue weighted by Gasteiger charge is -2.43. The summed E-state index contributed by atoms with van der Waals surface area (Å²) in [5.74, 6) is -1.39. The molecular formula is C24H24N2O5S2. The van der Waals surface area contributed by atoms with Crippen LogP contribution in [0.2, 0.25) is 0 Å². The van der Waals surface area contributed by atoms with Crippen molar-refractivity contribution in [2.75, 3.05) is 6.54 Å². The minimum absolute atomic E-state index is 0.0383. The number of thiazole rings is 1. The van der Waals surface area contributed by atoms with Crippen LogP contribution in [0, 0.1) is 36.5 Å². The zero-order chi connectivity index (χ0) is 23.0. The van der Waals surface area contributed by atoms with Crippen molar-refractivity contribution in [3.8, 4) is 0 Å². The molecule has 2 N–H and O–H groups in total. The Morgan fingerprint density at radius 2 is 1.88 bits per heavy atom. The molecule has 0 unspecified atom stereocenters. The van der Waals surface area contributed by atoms with Crippen molar-refractivity contribution in [3.05, 3.63) is 49.9 Å². The molecule has 2 aromatic rings. The number of rotatable bonds is 5. The van der Waals surface area contributed by atoms with Crippen LogP contribution in [-0.4, -0.2) is 44.6 Å². The summed E-state index contributed by atoms with van der Waals surface area (Å²) >= 11 is 2.96. The van der Waals surface area contributed by atoms with E-state index in [9.17, 15) is 19.2 Å². The lowest BCUT2D eigenvalue weighted by atomic mass is 9.67. The fraction of sp³-hybridized carbons (Fsp3) is 0.500. The number of carbonyl (C=O) groups is 3. The number of carbonyl (C=O) groups excluding carboxylic acids is 2. The van der Waals surface area contributed by atoms with Gasteiger partial charge in [-0.15, -0.1) is 11.8 Å². The fourth-order valence-electron chi connectivity index (χ4n) is 6.97. The van der Waals surface area contributed by atoms with Gasteiger partial charge in [-0.05, 0) is 48.6 Å². The molecule has 0 spiro atoms. The summed E-state index contributed by atoms with van der Waals surface area (Å²) in [6, 6.07) is 8.26. The van der Waals surface area contributed by atoms with Gasteiger partial charge in [0.2, 0.25) is 11.8 Å². The topological polar surface area (TPSA) is 108 Å². The lowest BCUT2D eigenvalue weighted by molar-refractivity contribution is -0.142. The first-order chi connectivity index (χ1) is 15.9. The highest BCUT2D eigenvalue weighted by atomic mass is 32.2. The number of fused-ring (bicyclic) bond motifs is 9. The number of aryl methyl sites for hydroxylation is 1. The Hall–Kier alpha value is -2.39. The van der Waals surface area contributed by atoms with Crippen LogP contribution in [0.4, 0.5) is 0 Å². The van der Waals surface area contributed by atoms with Gasteiger partial charge < -0.3 is 10.1 Å². The number of nitrogens with zero attached hydrogens (tertiary/aromatic N) is 1. The number of carboxylic acid groups (broad SMARTS) is 1. The van der Waals surface area contributed by atoms with Gasteiger partial charge in [-0.3, -0.25) is 24.1 Å². The molecule has 3 heterocycles. The van der Waals surface area contributed by atoms with Gasteiger partial charge in [-0.1, -0.05) is 35.6 Å². The van der Waals surface area contributed by atoms with Gasteiger partial charge in [-0.25, -0.2) is 0 Å². The number of hydrogen-bond donors (Lipinski definition) is 2. The van der Waals surface area contributed by atoms with E-state index in [1.54, 1.807) is 11.8 Å². The third kappa shape index (κ3) is 3.01. The van der Waals surface area contributed by atoms with Crippen molar-refractivity contribution >= 4 is 40.9 Å². The standard InChI is InChI=1S/C24H24N2O5S2/c1-10-5-2-3-6-11(10)15-16-12-9-13(19(16)32-21-20(15)33-24(31)25-21)18-17(12)22(29)26(23(18)30)8-4-7-14(27)28/h2-3,5-6,12-13,15-19H,4,7-9H2,1H3,(H,25,31)(H,27,28)/t12-,13-,15-,16-,17+,18+,19+/m1/s1. The van der Waals surface area contributed by atoms with Crippen molar-refractivity contribution < 1.29 is 19.5 Å². The molecule has 172 valence electrons. The monoisotopic (exact) mass is 484 g/mol. The van der Waals surface area contributed by atoms with Gasteiger partial charge in [0.1, 0.15) is 0 Å². The molecule has 0 radical (unpaired) electrons. The first-order valence-electron chi connectivity index (χ1n) is 11.4. The van der Waals surface area contributed by atoms with E-state index in [4.69, 9.17) is 5.11 Å². The Morgan fingerprint density at radius 1 is 1.15 bits per heavy atom. The number of aromatic nitrogens is 1. The third-order valence-corrected chi connectivity index (χ3v) is 10.7. The van der Waals surface area contributed by atoms with E-state index in [0.717, 1.165) is 16.3 Å². The molecule has 9 heteroatoms. The van der Waals surface area contributed by atoms with Gasteiger partial charge >= 0.3 is 10.8 Å². The van der Waals surface area contributed by atoms with Crippen molar-refractivity contribution in [1.29, 1.82) is 0 Å². The average Bonchev–Trinajstić information content (AvgIpc) is 3.49. The molecule has 7 atom stereocenters. The largest absolute Gasteiger partial charge is 0.481 e. The molecule has 33 heavy (non-hydrogen) atoms. The maximum atomic E-state index is 13.4. The molecule has 3 fully saturated rings. The van der Waals surface area contributed by atoms with Gasteiger partial charge in [0.05, 0.1) is 16.9 Å². The molecule has 2 bridgehead atoms. The summed E-state index contributed by atoms with van der Waals surface area (Å²) in [5, 5.41) is 10.0. The predicted octanol–water partition coefficient (Wildman–Crippen LogP) is 3.08. The van der Waals surface area contributed by atoms with Crippen LogP contribution in [0.1, 0.15) is 41.2 Å². The number of imide groups is 1. The van der Waals surface area contributed by atoms with Crippen LogP contribution in [0.5, 0.6) is 0 Å². The molecule has 1 saturated heterocycles. The van der Waals surface area contributed by atoms with Crippen LogP contribution in [0.25, 0.3) is 0 Å². The highest BCUT2D eigenvalue weighted by Crippen LogP contribution is 2.68. The smallest absolute Gasteiger partial charge is 0.305 e. The van der Waals surface area contributed by atoms with Crippen molar-refractivity contribution in [2.45, 2.75) is 42.4 Å². The van der Waals surface area contributed by atoms with E-state index in [2.05, 4.69) is 24.0 Å². The maximum absolute atomic E-state index is 13.4. The molecule has 1 aromatic carbocycles. The maximum Gasteiger partial charge on any atom is 0.305 e. The molecule has 1 aromatic heterocycles. The van der Waals surface area contributed by atoms with Crippen molar-refractivity contribution in [3.63, 3.8) is 0 Å². The zero-order valence-corrected chi connectivity index (χ0v) is 19.7. The minimum Gasteiger partial charge on any atom is -0.481 e. The van der Waals surface area contributed by atoms with E-state index in [1.807, 2.05) is 12.1 Å². The van der Waals surface area contributed by atoms with Crippen molar-refractivity contribution in [2.24, 2.45) is 29.6 Å². The van der Waals surface area contributed by atoms with Crippen LogP contribution in [0.3, 0.4) is 0 Å². The number of likely N-dealkylation sites (tertiary alicyclic amines) is 1. The third-order valence-electron chi connectivity index (χ3n) is 8.11. The van der Waals surface area contributed by atoms with Gasteiger partial charge in [0.25, 0.3) is 0 Å². The number of benzene rings is 1.